The van der Waals surface area contributed by atoms with Crippen molar-refractivity contribution in [2.45, 2.75) is 75.0 Å². The Hall–Kier alpha value is -4.42. The van der Waals surface area contributed by atoms with E-state index in [-0.39, 0.29) is 33.6 Å². The van der Waals surface area contributed by atoms with Gasteiger partial charge in [0, 0.05) is 35.9 Å². The minimum Gasteiger partial charge on any atom is -0.507 e. The van der Waals surface area contributed by atoms with Crippen LogP contribution in [0.25, 0.3) is 0 Å². The normalized spacial score (nSPS) is 18.1. The number of hydrogen-bond donors (Lipinski definition) is 1. The monoisotopic (exact) mass is 710 g/mol. The summed E-state index contributed by atoms with van der Waals surface area (Å²) in [6.07, 6.45) is 1.05. The minimum atomic E-state index is -0.677. The topological polar surface area (TPSA) is 123 Å². The van der Waals surface area contributed by atoms with Gasteiger partial charge >= 0.3 is 5.97 Å². The molecule has 1 amide bonds. The third-order valence-electron chi connectivity index (χ3n) is 8.73. The first-order valence-corrected chi connectivity index (χ1v) is 18.5. The summed E-state index contributed by atoms with van der Waals surface area (Å²) < 4.78 is 7.87. The zero-order valence-electron chi connectivity index (χ0n) is 29.3. The van der Waals surface area contributed by atoms with Crippen LogP contribution in [0, 0.1) is 0 Å². The van der Waals surface area contributed by atoms with E-state index in [0.717, 1.165) is 33.4 Å². The highest BCUT2D eigenvalue weighted by atomic mass is 32.2. The first-order valence-electron chi connectivity index (χ1n) is 16.5. The molecule has 0 bridgehead atoms. The van der Waals surface area contributed by atoms with Crippen molar-refractivity contribution in [3.05, 3.63) is 112 Å². The van der Waals surface area contributed by atoms with Gasteiger partial charge in [0.25, 0.3) is 5.91 Å². The van der Waals surface area contributed by atoms with Crippen LogP contribution in [0.1, 0.15) is 75.5 Å². The van der Waals surface area contributed by atoms with Gasteiger partial charge in [0.2, 0.25) is 5.16 Å². The summed E-state index contributed by atoms with van der Waals surface area (Å²) in [5.41, 5.74) is 4.51. The van der Waals surface area contributed by atoms with Gasteiger partial charge in [-0.1, -0.05) is 114 Å². The first kappa shape index (κ1) is 35.4. The predicted molar refractivity (Wildman–Crippen MR) is 197 cm³/mol. The molecule has 50 heavy (non-hydrogen) atoms. The fraction of sp³-hybridized carbons (Fsp3) is 0.368. The molecule has 1 fully saturated rings. The average Bonchev–Trinajstić information content (AvgIpc) is 3.50. The Morgan fingerprint density at radius 3 is 2.12 bits per heavy atom. The number of benzene rings is 3. The Labute approximate surface area is 301 Å². The Bertz CT molecular complexity index is 1870. The Morgan fingerprint density at radius 2 is 1.60 bits per heavy atom. The molecule has 12 heteroatoms. The molecule has 0 spiro atoms. The van der Waals surface area contributed by atoms with Crippen LogP contribution in [0.3, 0.4) is 0 Å². The zero-order chi connectivity index (χ0) is 35.8. The largest absolute Gasteiger partial charge is 0.507 e. The lowest BCUT2D eigenvalue weighted by Crippen LogP contribution is -2.64. The number of tetrazole rings is 1. The van der Waals surface area contributed by atoms with Crippen molar-refractivity contribution in [1.82, 2.24) is 25.1 Å². The number of amides is 1. The second kappa shape index (κ2) is 14.1. The molecule has 2 aliphatic heterocycles. The van der Waals surface area contributed by atoms with Crippen LogP contribution in [0.15, 0.2) is 94.2 Å². The van der Waals surface area contributed by atoms with E-state index in [1.165, 1.54) is 11.8 Å². The first-order chi connectivity index (χ1) is 23.7. The van der Waals surface area contributed by atoms with Crippen molar-refractivity contribution in [1.29, 1.82) is 0 Å². The number of rotatable bonds is 9. The number of nitrogens with zero attached hydrogens (tertiary/aromatic N) is 6. The van der Waals surface area contributed by atoms with Crippen molar-refractivity contribution >= 4 is 41.6 Å². The number of carbonyl (C=O) groups excluding carboxylic acids is 2. The Kier molecular flexibility index (Phi) is 9.96. The molecule has 1 aromatic heterocycles. The van der Waals surface area contributed by atoms with Crippen LogP contribution in [0.2, 0.25) is 0 Å². The smallest absolute Gasteiger partial charge is 0.356 e. The molecule has 4 aromatic rings. The van der Waals surface area contributed by atoms with Gasteiger partial charge in [0.05, 0.1) is 0 Å². The number of phenolic OH excluding ortho intramolecular Hbond substituents is 1. The third kappa shape index (κ3) is 7.22. The molecule has 0 radical (unpaired) electrons. The summed E-state index contributed by atoms with van der Waals surface area (Å²) in [5, 5.41) is 23.1. The minimum absolute atomic E-state index is 0.249. The van der Waals surface area contributed by atoms with Crippen LogP contribution >= 0.6 is 23.5 Å². The fourth-order valence-corrected chi connectivity index (χ4v) is 8.38. The summed E-state index contributed by atoms with van der Waals surface area (Å²) >= 11 is 2.97. The van der Waals surface area contributed by atoms with E-state index in [1.54, 1.807) is 34.6 Å². The molecule has 0 aliphatic carbocycles. The second-order valence-corrected chi connectivity index (χ2v) is 16.6. The van der Waals surface area contributed by atoms with Gasteiger partial charge in [-0.05, 0) is 55.7 Å². The molecular formula is C38H42N6O4S2. The van der Waals surface area contributed by atoms with Gasteiger partial charge in [-0.2, -0.15) is 0 Å². The van der Waals surface area contributed by atoms with Crippen LogP contribution in [0.5, 0.6) is 5.75 Å². The van der Waals surface area contributed by atoms with Gasteiger partial charge in [-0.3, -0.25) is 14.7 Å². The summed E-state index contributed by atoms with van der Waals surface area (Å²) in [6.45, 7) is 12.4. The van der Waals surface area contributed by atoms with Gasteiger partial charge in [0.15, 0.2) is 12.1 Å². The van der Waals surface area contributed by atoms with Crippen molar-refractivity contribution in [2.24, 2.45) is 12.0 Å². The van der Waals surface area contributed by atoms with Crippen molar-refractivity contribution < 1.29 is 19.4 Å². The van der Waals surface area contributed by atoms with Crippen molar-refractivity contribution in [3.8, 4) is 5.75 Å². The number of esters is 1. The van der Waals surface area contributed by atoms with Gasteiger partial charge in [-0.15, -0.1) is 16.9 Å². The van der Waals surface area contributed by atoms with E-state index in [4.69, 9.17) is 9.73 Å². The number of aromatic hydroxyl groups is 1. The van der Waals surface area contributed by atoms with E-state index < -0.39 is 18.1 Å². The number of thioether (sulfide) groups is 2. The van der Waals surface area contributed by atoms with Gasteiger partial charge in [-0.25, -0.2) is 9.48 Å². The second-order valence-electron chi connectivity index (χ2n) is 14.5. The van der Waals surface area contributed by atoms with Crippen molar-refractivity contribution in [2.75, 3.05) is 11.5 Å². The molecule has 2 aliphatic rings. The maximum Gasteiger partial charge on any atom is 0.356 e. The number of fused-ring (bicyclic) bond motifs is 1. The molecule has 1 saturated heterocycles. The molecule has 0 unspecified atom stereocenters. The number of hydrogen-bond acceptors (Lipinski definition) is 10. The number of aryl methyl sites for hydroxylation is 1. The lowest BCUT2D eigenvalue weighted by molar-refractivity contribution is -0.153. The lowest BCUT2D eigenvalue weighted by atomic mass is 9.78. The van der Waals surface area contributed by atoms with Crippen LogP contribution in [-0.4, -0.2) is 71.2 Å². The zero-order valence-corrected chi connectivity index (χ0v) is 31.0. The van der Waals surface area contributed by atoms with E-state index in [2.05, 4.69) is 57.1 Å². The standard InChI is InChI=1S/C38H42N6O4S2/c1-37(2,3)27-18-23(19-28(31(27)45)38(4,5)6)20-39-29-33(46)44-30(26(21-49-34(29)44)22-50-36-40-41-42-43(36)7)35(47)48-32(24-14-10-8-11-15-24)25-16-12-9-13-17-25/h8-20,29,32,34,45H,21-22H2,1-7H3/b39-20+/t29-,34-/m1/s1. The predicted octanol–water partition coefficient (Wildman–Crippen LogP) is 6.59. The maximum absolute atomic E-state index is 14.3. The highest BCUT2D eigenvalue weighted by Gasteiger charge is 2.54. The maximum atomic E-state index is 14.3. The van der Waals surface area contributed by atoms with Crippen molar-refractivity contribution in [3.63, 3.8) is 0 Å². The molecule has 1 N–H and O–H groups in total. The highest BCUT2D eigenvalue weighted by molar-refractivity contribution is 8.01. The number of β-lactam (4-membered cyclic amide) rings is 1. The summed E-state index contributed by atoms with van der Waals surface area (Å²) in [6, 6.07) is 22.4. The Morgan fingerprint density at radius 1 is 1.02 bits per heavy atom. The number of phenols is 1. The third-order valence-corrected chi connectivity index (χ3v) is 11.2. The lowest BCUT2D eigenvalue weighted by Gasteiger charge is -2.48. The molecule has 2 atom stereocenters. The van der Waals surface area contributed by atoms with Crippen LogP contribution in [-0.2, 0) is 32.2 Å². The molecule has 260 valence electrons. The Balaban J connectivity index is 1.32. The molecule has 10 nitrogen and oxygen atoms in total. The summed E-state index contributed by atoms with van der Waals surface area (Å²) in [5.74, 6) is 0.354. The van der Waals surface area contributed by atoms with Gasteiger partial charge in [0.1, 0.15) is 16.8 Å². The molecule has 3 aromatic carbocycles. The SMILES string of the molecule is Cn1nnnc1SCC1=C(C(=O)OC(c2ccccc2)c2ccccc2)N2C(=O)[C@@H](/N=C/c3cc(C(C)(C)C)c(O)c(C(C)(C)C)c3)[C@H]2SC1. The molecular weight excluding hydrogens is 669 g/mol. The quantitative estimate of drug-likeness (QED) is 0.0887. The van der Waals surface area contributed by atoms with Crippen LogP contribution < -0.4 is 0 Å². The van der Waals surface area contributed by atoms with E-state index in [9.17, 15) is 14.7 Å². The summed E-state index contributed by atoms with van der Waals surface area (Å²) in [4.78, 5) is 34.6. The average molecular weight is 711 g/mol. The molecule has 0 saturated carbocycles. The summed E-state index contributed by atoms with van der Waals surface area (Å²) in [7, 11) is 1.76. The van der Waals surface area contributed by atoms with E-state index >= 15 is 0 Å². The highest BCUT2D eigenvalue weighted by Crippen LogP contribution is 2.44. The van der Waals surface area contributed by atoms with Crippen LogP contribution in [0.4, 0.5) is 0 Å². The molecule has 3 heterocycles. The number of aliphatic imine (C=N–C) groups is 1. The fourth-order valence-electron chi connectivity index (χ4n) is 6.05. The number of ether oxygens (including phenoxy) is 1. The molecule has 6 rings (SSSR count). The van der Waals surface area contributed by atoms with E-state index in [1.807, 2.05) is 72.8 Å². The van der Waals surface area contributed by atoms with Gasteiger partial charge < -0.3 is 9.84 Å². The number of aromatic nitrogens is 4. The van der Waals surface area contributed by atoms with E-state index in [0.29, 0.717) is 16.7 Å². The number of carbonyl (C=O) groups is 2.